The van der Waals surface area contributed by atoms with Gasteiger partial charge in [0.15, 0.2) is 6.29 Å². The van der Waals surface area contributed by atoms with Crippen molar-refractivity contribution in [3.8, 4) is 12.3 Å². The van der Waals surface area contributed by atoms with Crippen molar-refractivity contribution in [1.29, 1.82) is 0 Å². The summed E-state index contributed by atoms with van der Waals surface area (Å²) in [5.41, 5.74) is -0.447. The van der Waals surface area contributed by atoms with Gasteiger partial charge in [0.25, 0.3) is 0 Å². The van der Waals surface area contributed by atoms with Crippen LogP contribution in [0.2, 0.25) is 0 Å². The molecule has 0 saturated carbocycles. The maximum absolute atomic E-state index is 5.92. The van der Waals surface area contributed by atoms with Crippen LogP contribution >= 0.6 is 0 Å². The van der Waals surface area contributed by atoms with Gasteiger partial charge in [-0.15, -0.1) is 6.42 Å². The quantitative estimate of drug-likeness (QED) is 0.508. The zero-order valence-electron chi connectivity index (χ0n) is 10.6. The van der Waals surface area contributed by atoms with Crippen LogP contribution in [0.1, 0.15) is 58.8 Å². The first-order valence-electron chi connectivity index (χ1n) is 6.47. The normalized spacial score (nSPS) is 24.7. The summed E-state index contributed by atoms with van der Waals surface area (Å²) in [5, 5.41) is 0. The Hall–Kier alpha value is -0.520. The van der Waals surface area contributed by atoms with E-state index in [-0.39, 0.29) is 6.29 Å². The number of ether oxygens (including phenoxy) is 2. The lowest BCUT2D eigenvalue weighted by Crippen LogP contribution is -2.35. The average molecular weight is 224 g/mol. The van der Waals surface area contributed by atoms with Crippen LogP contribution in [0.3, 0.4) is 0 Å². The van der Waals surface area contributed by atoms with Gasteiger partial charge < -0.3 is 9.47 Å². The molecule has 1 aliphatic rings. The maximum atomic E-state index is 5.92. The van der Waals surface area contributed by atoms with Crippen LogP contribution in [0.4, 0.5) is 0 Å². The molecule has 0 radical (unpaired) electrons. The molecule has 0 aromatic rings. The van der Waals surface area contributed by atoms with Crippen molar-refractivity contribution >= 4 is 0 Å². The second kappa shape index (κ2) is 6.93. The van der Waals surface area contributed by atoms with Gasteiger partial charge in [-0.05, 0) is 39.0 Å². The molecule has 0 N–H and O–H groups in total. The Bertz CT molecular complexity index is 225. The van der Waals surface area contributed by atoms with E-state index in [9.17, 15) is 0 Å². The Morgan fingerprint density at radius 2 is 2.25 bits per heavy atom. The molecule has 1 heterocycles. The fourth-order valence-electron chi connectivity index (χ4n) is 1.97. The van der Waals surface area contributed by atoms with Crippen molar-refractivity contribution in [3.63, 3.8) is 0 Å². The average Bonchev–Trinajstić information content (AvgIpc) is 2.31. The van der Waals surface area contributed by atoms with Crippen molar-refractivity contribution in [3.05, 3.63) is 0 Å². The van der Waals surface area contributed by atoms with E-state index >= 15 is 0 Å². The van der Waals surface area contributed by atoms with Crippen LogP contribution in [0, 0.1) is 12.3 Å². The molecule has 1 rings (SSSR count). The van der Waals surface area contributed by atoms with E-state index in [4.69, 9.17) is 15.9 Å². The van der Waals surface area contributed by atoms with Crippen LogP contribution in [0.5, 0.6) is 0 Å². The fourth-order valence-corrected chi connectivity index (χ4v) is 1.97. The highest BCUT2D eigenvalue weighted by atomic mass is 16.7. The zero-order valence-corrected chi connectivity index (χ0v) is 10.6. The zero-order chi connectivity index (χ0) is 11.9. The van der Waals surface area contributed by atoms with Gasteiger partial charge in [0.2, 0.25) is 0 Å². The SMILES string of the molecule is C#CC(C)(CCCCC)OC1CCCCO1. The lowest BCUT2D eigenvalue weighted by atomic mass is 9.99. The van der Waals surface area contributed by atoms with Gasteiger partial charge in [0.05, 0.1) is 0 Å². The summed E-state index contributed by atoms with van der Waals surface area (Å²) in [6.07, 6.45) is 13.3. The largest absolute Gasteiger partial charge is 0.353 e. The molecule has 0 aromatic carbocycles. The van der Waals surface area contributed by atoms with Gasteiger partial charge >= 0.3 is 0 Å². The van der Waals surface area contributed by atoms with Crippen molar-refractivity contribution in [2.45, 2.75) is 70.7 Å². The summed E-state index contributed by atoms with van der Waals surface area (Å²) in [6, 6.07) is 0. The molecular formula is C14H24O2. The summed E-state index contributed by atoms with van der Waals surface area (Å²) >= 11 is 0. The molecule has 2 heteroatoms. The first-order valence-corrected chi connectivity index (χ1v) is 6.47. The molecule has 0 spiro atoms. The van der Waals surface area contributed by atoms with Crippen LogP contribution in [0.25, 0.3) is 0 Å². The third kappa shape index (κ3) is 4.55. The molecule has 2 atom stereocenters. The second-order valence-electron chi connectivity index (χ2n) is 4.75. The van der Waals surface area contributed by atoms with E-state index in [2.05, 4.69) is 12.8 Å². The summed E-state index contributed by atoms with van der Waals surface area (Å²) in [6.45, 7) is 5.00. The number of hydrogen-bond donors (Lipinski definition) is 0. The first-order chi connectivity index (χ1) is 7.70. The first kappa shape index (κ1) is 13.5. The molecule has 0 bridgehead atoms. The monoisotopic (exact) mass is 224 g/mol. The standard InChI is InChI=1S/C14H24O2/c1-4-6-8-11-14(3,5-2)16-13-10-7-9-12-15-13/h2,13H,4,6-12H2,1,3H3. The van der Waals surface area contributed by atoms with Crippen LogP contribution < -0.4 is 0 Å². The minimum absolute atomic E-state index is 0.0866. The highest BCUT2D eigenvalue weighted by molar-refractivity contribution is 5.06. The molecule has 1 fully saturated rings. The van der Waals surface area contributed by atoms with Crippen molar-refractivity contribution < 1.29 is 9.47 Å². The molecule has 92 valence electrons. The number of hydrogen-bond acceptors (Lipinski definition) is 2. The van der Waals surface area contributed by atoms with Crippen LogP contribution in [0.15, 0.2) is 0 Å². The van der Waals surface area contributed by atoms with Crippen molar-refractivity contribution in [2.24, 2.45) is 0 Å². The Morgan fingerprint density at radius 3 is 2.81 bits per heavy atom. The lowest BCUT2D eigenvalue weighted by Gasteiger charge is -2.32. The Labute approximate surface area is 99.7 Å². The van der Waals surface area contributed by atoms with Gasteiger partial charge in [-0.3, -0.25) is 0 Å². The predicted octanol–water partition coefficient (Wildman–Crippen LogP) is 3.50. The molecule has 1 aliphatic heterocycles. The van der Waals surface area contributed by atoms with Crippen LogP contribution in [-0.2, 0) is 9.47 Å². The summed E-state index contributed by atoms with van der Waals surface area (Å²) in [7, 11) is 0. The smallest absolute Gasteiger partial charge is 0.159 e. The third-order valence-corrected chi connectivity index (χ3v) is 3.09. The van der Waals surface area contributed by atoms with Crippen LogP contribution in [-0.4, -0.2) is 18.5 Å². The topological polar surface area (TPSA) is 18.5 Å². The molecule has 0 aromatic heterocycles. The third-order valence-electron chi connectivity index (χ3n) is 3.09. The summed E-state index contributed by atoms with van der Waals surface area (Å²) in [4.78, 5) is 0. The Morgan fingerprint density at radius 1 is 1.44 bits per heavy atom. The fraction of sp³-hybridized carbons (Fsp3) is 0.857. The van der Waals surface area contributed by atoms with Gasteiger partial charge in [-0.25, -0.2) is 0 Å². The lowest BCUT2D eigenvalue weighted by molar-refractivity contribution is -0.205. The van der Waals surface area contributed by atoms with E-state index in [1.165, 1.54) is 19.3 Å². The summed E-state index contributed by atoms with van der Waals surface area (Å²) in [5.74, 6) is 2.78. The molecule has 2 unspecified atom stereocenters. The number of rotatable bonds is 6. The second-order valence-corrected chi connectivity index (χ2v) is 4.75. The molecule has 2 nitrogen and oxygen atoms in total. The molecular weight excluding hydrogens is 200 g/mol. The minimum atomic E-state index is -0.447. The van der Waals surface area contributed by atoms with E-state index in [0.717, 1.165) is 32.3 Å². The highest BCUT2D eigenvalue weighted by Crippen LogP contribution is 2.24. The molecule has 0 amide bonds. The molecule has 16 heavy (non-hydrogen) atoms. The highest BCUT2D eigenvalue weighted by Gasteiger charge is 2.27. The van der Waals surface area contributed by atoms with E-state index < -0.39 is 5.60 Å². The van der Waals surface area contributed by atoms with E-state index in [1.807, 2.05) is 6.92 Å². The van der Waals surface area contributed by atoms with Gasteiger partial charge in [-0.1, -0.05) is 25.7 Å². The molecule has 0 aliphatic carbocycles. The van der Waals surface area contributed by atoms with Gasteiger partial charge in [-0.2, -0.15) is 0 Å². The van der Waals surface area contributed by atoms with Crippen molar-refractivity contribution in [2.75, 3.05) is 6.61 Å². The summed E-state index contributed by atoms with van der Waals surface area (Å²) < 4.78 is 11.5. The van der Waals surface area contributed by atoms with E-state index in [1.54, 1.807) is 0 Å². The Kier molecular flexibility index (Phi) is 5.87. The van der Waals surface area contributed by atoms with Gasteiger partial charge in [0, 0.05) is 6.61 Å². The number of unbranched alkanes of at least 4 members (excludes halogenated alkanes) is 2. The molecule has 1 saturated heterocycles. The minimum Gasteiger partial charge on any atom is -0.353 e. The van der Waals surface area contributed by atoms with Crippen molar-refractivity contribution in [1.82, 2.24) is 0 Å². The van der Waals surface area contributed by atoms with Gasteiger partial charge in [0.1, 0.15) is 5.60 Å². The maximum Gasteiger partial charge on any atom is 0.159 e. The van der Waals surface area contributed by atoms with E-state index in [0.29, 0.717) is 0 Å². The number of terminal acetylenes is 1. The predicted molar refractivity (Wildman–Crippen MR) is 66.1 cm³/mol. The Balaban J connectivity index is 2.36.